The monoisotopic (exact) mass is 331 g/mol. The van der Waals surface area contributed by atoms with Crippen molar-refractivity contribution in [2.75, 3.05) is 13.2 Å². The molecular formula is C18H19O6. The number of hydrogen-bond acceptors (Lipinski definition) is 6. The Balaban J connectivity index is 3.02. The Morgan fingerprint density at radius 1 is 1.04 bits per heavy atom. The number of ether oxygens (including phenoxy) is 3. The predicted octanol–water partition coefficient (Wildman–Crippen LogP) is 2.48. The Bertz CT molecular complexity index is 620. The van der Waals surface area contributed by atoms with Gasteiger partial charge in [0.2, 0.25) is 0 Å². The molecule has 0 N–H and O–H groups in total. The maximum absolute atomic E-state index is 11.9. The van der Waals surface area contributed by atoms with Crippen LogP contribution in [0.4, 0.5) is 0 Å². The van der Waals surface area contributed by atoms with E-state index < -0.39 is 11.9 Å². The minimum absolute atomic E-state index is 0.0667. The zero-order valence-corrected chi connectivity index (χ0v) is 13.8. The second kappa shape index (κ2) is 9.99. The van der Waals surface area contributed by atoms with Gasteiger partial charge in [0.15, 0.2) is 12.0 Å². The minimum atomic E-state index is -0.747. The maximum atomic E-state index is 11.9. The highest BCUT2D eigenvalue weighted by molar-refractivity contribution is 6.17. The zero-order valence-electron chi connectivity index (χ0n) is 13.8. The molecule has 1 aromatic rings. The fraction of sp³-hybridized carbons (Fsp3) is 0.278. The van der Waals surface area contributed by atoms with Crippen molar-refractivity contribution in [3.8, 4) is 5.75 Å². The number of carbonyl (C=O) groups excluding carboxylic acids is 3. The van der Waals surface area contributed by atoms with Crippen LogP contribution in [0.15, 0.2) is 35.6 Å². The van der Waals surface area contributed by atoms with Crippen molar-refractivity contribution in [1.82, 2.24) is 0 Å². The molecule has 0 unspecified atom stereocenters. The minimum Gasteiger partial charge on any atom is -0.462 e. The number of hydrogen-bond donors (Lipinski definition) is 0. The van der Waals surface area contributed by atoms with Crippen LogP contribution in [-0.4, -0.2) is 31.4 Å². The van der Waals surface area contributed by atoms with Crippen molar-refractivity contribution in [3.63, 3.8) is 0 Å². The van der Waals surface area contributed by atoms with Crippen molar-refractivity contribution in [2.45, 2.75) is 20.8 Å². The van der Waals surface area contributed by atoms with Crippen LogP contribution in [0.5, 0.6) is 5.75 Å². The Morgan fingerprint density at radius 3 is 2.00 bits per heavy atom. The third-order valence-corrected chi connectivity index (χ3v) is 2.76. The molecule has 1 radical (unpaired) electrons. The molecule has 0 heterocycles. The molecule has 0 atom stereocenters. The second-order valence-electron chi connectivity index (χ2n) is 4.40. The van der Waals surface area contributed by atoms with Crippen LogP contribution >= 0.6 is 0 Å². The van der Waals surface area contributed by atoms with Gasteiger partial charge in [-0.05, 0) is 44.5 Å². The molecule has 127 valence electrons. The molecule has 0 aliphatic rings. The molecule has 0 amide bonds. The average molecular weight is 331 g/mol. The summed E-state index contributed by atoms with van der Waals surface area (Å²) in [5, 5.41) is 0. The lowest BCUT2D eigenvalue weighted by atomic mass is 10.1. The van der Waals surface area contributed by atoms with E-state index in [9.17, 15) is 14.4 Å². The van der Waals surface area contributed by atoms with E-state index in [2.05, 4.69) is 6.08 Å². The van der Waals surface area contributed by atoms with Gasteiger partial charge in [-0.3, -0.25) is 4.79 Å². The molecule has 0 aliphatic carbocycles. The summed E-state index contributed by atoms with van der Waals surface area (Å²) in [6, 6.07) is 6.46. The lowest BCUT2D eigenvalue weighted by Gasteiger charge is -2.07. The summed E-state index contributed by atoms with van der Waals surface area (Å²) in [6.45, 7) is 5.16. The first-order valence-electron chi connectivity index (χ1n) is 7.39. The SMILES string of the molecule is C[C]=C(C=O)Oc1ccc(C=C(C(=O)OCC)C(=O)OCC)cc1. The highest BCUT2D eigenvalue weighted by Gasteiger charge is 2.20. The number of allylic oxidation sites excluding steroid dienone is 2. The van der Waals surface area contributed by atoms with Crippen molar-refractivity contribution in [3.05, 3.63) is 47.2 Å². The van der Waals surface area contributed by atoms with Gasteiger partial charge >= 0.3 is 11.9 Å². The van der Waals surface area contributed by atoms with Crippen LogP contribution < -0.4 is 4.74 Å². The number of aldehydes is 1. The van der Waals surface area contributed by atoms with Crippen molar-refractivity contribution in [2.24, 2.45) is 0 Å². The van der Waals surface area contributed by atoms with Crippen LogP contribution in [0.25, 0.3) is 6.08 Å². The Morgan fingerprint density at radius 2 is 1.58 bits per heavy atom. The van der Waals surface area contributed by atoms with Gasteiger partial charge in [0.25, 0.3) is 0 Å². The van der Waals surface area contributed by atoms with E-state index in [1.165, 1.54) is 6.08 Å². The largest absolute Gasteiger partial charge is 0.462 e. The molecule has 24 heavy (non-hydrogen) atoms. The van der Waals surface area contributed by atoms with Gasteiger partial charge in [-0.25, -0.2) is 9.59 Å². The molecule has 1 rings (SSSR count). The molecule has 0 spiro atoms. The smallest absolute Gasteiger partial charge is 0.345 e. The van der Waals surface area contributed by atoms with Gasteiger partial charge in [0.05, 0.1) is 13.2 Å². The molecule has 0 aliphatic heterocycles. The molecule has 6 heteroatoms. The van der Waals surface area contributed by atoms with E-state index in [-0.39, 0.29) is 24.5 Å². The van der Waals surface area contributed by atoms with Crippen molar-refractivity contribution < 1.29 is 28.6 Å². The zero-order chi connectivity index (χ0) is 17.9. The number of rotatable bonds is 8. The summed E-state index contributed by atoms with van der Waals surface area (Å²) in [5.41, 5.74) is 0.387. The fourth-order valence-electron chi connectivity index (χ4n) is 1.68. The van der Waals surface area contributed by atoms with Gasteiger partial charge in [0, 0.05) is 6.08 Å². The molecule has 1 aromatic carbocycles. The molecule has 6 nitrogen and oxygen atoms in total. The first-order chi connectivity index (χ1) is 11.5. The molecule has 0 saturated heterocycles. The maximum Gasteiger partial charge on any atom is 0.345 e. The van der Waals surface area contributed by atoms with Crippen LogP contribution in [0.2, 0.25) is 0 Å². The summed E-state index contributed by atoms with van der Waals surface area (Å²) in [4.78, 5) is 34.5. The summed E-state index contributed by atoms with van der Waals surface area (Å²) < 4.78 is 15.0. The van der Waals surface area contributed by atoms with Gasteiger partial charge < -0.3 is 14.2 Å². The Labute approximate surface area is 140 Å². The molecule has 0 saturated carbocycles. The average Bonchev–Trinajstić information content (AvgIpc) is 2.59. The van der Waals surface area contributed by atoms with Gasteiger partial charge in [-0.1, -0.05) is 12.1 Å². The summed E-state index contributed by atoms with van der Waals surface area (Å²) >= 11 is 0. The molecular weight excluding hydrogens is 312 g/mol. The van der Waals surface area contributed by atoms with Crippen LogP contribution in [0.3, 0.4) is 0 Å². The van der Waals surface area contributed by atoms with Crippen molar-refractivity contribution in [1.29, 1.82) is 0 Å². The van der Waals surface area contributed by atoms with Crippen LogP contribution in [0, 0.1) is 6.08 Å². The Hall–Kier alpha value is -2.89. The van der Waals surface area contributed by atoms with Crippen LogP contribution in [-0.2, 0) is 23.9 Å². The number of carbonyl (C=O) groups is 3. The molecule has 0 bridgehead atoms. The van der Waals surface area contributed by atoms with Crippen molar-refractivity contribution >= 4 is 24.3 Å². The number of esters is 2. The summed E-state index contributed by atoms with van der Waals surface area (Å²) in [7, 11) is 0. The molecule has 0 aromatic heterocycles. The summed E-state index contributed by atoms with van der Waals surface area (Å²) in [5.74, 6) is -1.000. The van der Waals surface area contributed by atoms with E-state index in [1.807, 2.05) is 0 Å². The van der Waals surface area contributed by atoms with E-state index in [1.54, 1.807) is 45.0 Å². The van der Waals surface area contributed by atoms with Gasteiger partial charge in [-0.15, -0.1) is 0 Å². The van der Waals surface area contributed by atoms with Gasteiger partial charge in [-0.2, -0.15) is 0 Å². The lowest BCUT2D eigenvalue weighted by molar-refractivity contribution is -0.146. The fourth-order valence-corrected chi connectivity index (χ4v) is 1.68. The Kier molecular flexibility index (Phi) is 7.98. The second-order valence-corrected chi connectivity index (χ2v) is 4.40. The first-order valence-corrected chi connectivity index (χ1v) is 7.39. The van der Waals surface area contributed by atoms with Gasteiger partial charge in [0.1, 0.15) is 11.3 Å². The quantitative estimate of drug-likeness (QED) is 0.182. The van der Waals surface area contributed by atoms with E-state index in [4.69, 9.17) is 14.2 Å². The third-order valence-electron chi connectivity index (χ3n) is 2.76. The van der Waals surface area contributed by atoms with E-state index in [0.717, 1.165) is 0 Å². The normalized spacial score (nSPS) is 10.5. The standard InChI is InChI=1S/C18H19O6/c1-4-14(12-19)24-15-9-7-13(8-10-15)11-16(17(20)22-5-2)18(21)23-6-3/h7-12H,5-6H2,1-3H3. The highest BCUT2D eigenvalue weighted by Crippen LogP contribution is 2.17. The van der Waals surface area contributed by atoms with E-state index in [0.29, 0.717) is 17.6 Å². The van der Waals surface area contributed by atoms with E-state index >= 15 is 0 Å². The first kappa shape index (κ1) is 19.2. The molecule has 0 fully saturated rings. The summed E-state index contributed by atoms with van der Waals surface area (Å²) in [6.07, 6.45) is 4.52. The number of benzene rings is 1. The predicted molar refractivity (Wildman–Crippen MR) is 86.8 cm³/mol. The third kappa shape index (κ3) is 5.72. The highest BCUT2D eigenvalue weighted by atomic mass is 16.6. The van der Waals surface area contributed by atoms with Crippen LogP contribution in [0.1, 0.15) is 26.3 Å². The topological polar surface area (TPSA) is 78.9 Å². The lowest BCUT2D eigenvalue weighted by Crippen LogP contribution is -2.18.